The fraction of sp³-hybridized carbons (Fsp3) is 0.222. The molecule has 0 unspecified atom stereocenters. The molecule has 0 spiro atoms. The second-order valence-electron chi connectivity index (χ2n) is 2.67. The van der Waals surface area contributed by atoms with Crippen molar-refractivity contribution in [1.29, 1.82) is 5.26 Å². The smallest absolute Gasteiger partial charge is 0.120 e. The molecule has 1 aromatic rings. The van der Waals surface area contributed by atoms with Gasteiger partial charge in [0.2, 0.25) is 0 Å². The molecule has 0 heterocycles. The third-order valence-electron chi connectivity index (χ3n) is 1.75. The maximum Gasteiger partial charge on any atom is 0.120 e. The molecular formula is C9H10N2O2. The summed E-state index contributed by atoms with van der Waals surface area (Å²) in [5.41, 5.74) is 6.30. The van der Waals surface area contributed by atoms with Crippen LogP contribution in [-0.2, 0) is 0 Å². The monoisotopic (exact) mass is 178 g/mol. The highest BCUT2D eigenvalue weighted by molar-refractivity contribution is 5.42. The summed E-state index contributed by atoms with van der Waals surface area (Å²) >= 11 is 0. The van der Waals surface area contributed by atoms with E-state index in [4.69, 9.17) is 16.1 Å². The number of aliphatic hydroxyl groups is 1. The molecule has 1 rings (SSSR count). The zero-order valence-corrected chi connectivity index (χ0v) is 6.94. The third kappa shape index (κ3) is 1.96. The van der Waals surface area contributed by atoms with Crippen molar-refractivity contribution in [2.75, 3.05) is 6.61 Å². The first-order valence-corrected chi connectivity index (χ1v) is 3.78. The minimum absolute atomic E-state index is 0.000509. The summed E-state index contributed by atoms with van der Waals surface area (Å²) < 4.78 is 0. The Kier molecular flexibility index (Phi) is 2.85. The van der Waals surface area contributed by atoms with Crippen LogP contribution in [0.15, 0.2) is 18.2 Å². The molecule has 1 aromatic carbocycles. The Morgan fingerprint density at radius 3 is 2.77 bits per heavy atom. The van der Waals surface area contributed by atoms with Gasteiger partial charge in [0, 0.05) is 5.56 Å². The highest BCUT2D eigenvalue weighted by Crippen LogP contribution is 2.23. The molecule has 0 bridgehead atoms. The number of hydrogen-bond acceptors (Lipinski definition) is 4. The van der Waals surface area contributed by atoms with Crippen LogP contribution in [0, 0.1) is 11.3 Å². The molecule has 0 amide bonds. The van der Waals surface area contributed by atoms with Crippen molar-refractivity contribution in [1.82, 2.24) is 0 Å². The van der Waals surface area contributed by atoms with Crippen molar-refractivity contribution >= 4 is 0 Å². The zero-order chi connectivity index (χ0) is 9.84. The molecule has 1 atom stereocenters. The fourth-order valence-electron chi connectivity index (χ4n) is 1.02. The number of nitrogens with two attached hydrogens (primary N) is 1. The highest BCUT2D eigenvalue weighted by atomic mass is 16.3. The lowest BCUT2D eigenvalue weighted by molar-refractivity contribution is 0.265. The van der Waals surface area contributed by atoms with Gasteiger partial charge in [-0.25, -0.2) is 0 Å². The lowest BCUT2D eigenvalue weighted by Gasteiger charge is -2.10. The molecule has 0 aliphatic heterocycles. The van der Waals surface area contributed by atoms with Gasteiger partial charge < -0.3 is 15.9 Å². The van der Waals surface area contributed by atoms with Crippen LogP contribution in [0.4, 0.5) is 0 Å². The number of nitriles is 1. The van der Waals surface area contributed by atoms with E-state index < -0.39 is 6.04 Å². The number of nitrogens with zero attached hydrogens (tertiary/aromatic N) is 1. The van der Waals surface area contributed by atoms with E-state index in [0.717, 1.165) is 0 Å². The molecule has 0 radical (unpaired) electrons. The minimum Gasteiger partial charge on any atom is -0.508 e. The van der Waals surface area contributed by atoms with E-state index in [1.54, 1.807) is 0 Å². The van der Waals surface area contributed by atoms with Crippen LogP contribution in [0.5, 0.6) is 5.75 Å². The lowest BCUT2D eigenvalue weighted by atomic mass is 10.0. The SMILES string of the molecule is N#Cc1ccc(O)c([C@@H](N)CO)c1. The molecule has 68 valence electrons. The summed E-state index contributed by atoms with van der Waals surface area (Å²) in [5, 5.41) is 26.7. The quantitative estimate of drug-likeness (QED) is 0.605. The Morgan fingerprint density at radius 1 is 1.54 bits per heavy atom. The largest absolute Gasteiger partial charge is 0.508 e. The van der Waals surface area contributed by atoms with E-state index in [0.29, 0.717) is 11.1 Å². The first kappa shape index (κ1) is 9.52. The maximum absolute atomic E-state index is 9.33. The maximum atomic E-state index is 9.33. The van der Waals surface area contributed by atoms with Crippen LogP contribution in [0.1, 0.15) is 17.2 Å². The van der Waals surface area contributed by atoms with Crippen LogP contribution < -0.4 is 5.73 Å². The lowest BCUT2D eigenvalue weighted by Crippen LogP contribution is -2.14. The molecule has 0 aliphatic carbocycles. The van der Waals surface area contributed by atoms with Gasteiger partial charge >= 0.3 is 0 Å². The number of phenols is 1. The Morgan fingerprint density at radius 2 is 2.23 bits per heavy atom. The Bertz CT molecular complexity index is 344. The van der Waals surface area contributed by atoms with Crippen molar-refractivity contribution in [2.24, 2.45) is 5.73 Å². The number of phenolic OH excluding ortho intramolecular Hbond substituents is 1. The molecule has 4 heteroatoms. The van der Waals surface area contributed by atoms with E-state index in [9.17, 15) is 5.11 Å². The second kappa shape index (κ2) is 3.90. The summed E-state index contributed by atoms with van der Waals surface area (Å²) in [5.74, 6) is 0.000509. The summed E-state index contributed by atoms with van der Waals surface area (Å²) in [4.78, 5) is 0. The van der Waals surface area contributed by atoms with Gasteiger partial charge in [-0.15, -0.1) is 0 Å². The normalized spacial score (nSPS) is 12.1. The molecule has 0 aliphatic rings. The van der Waals surface area contributed by atoms with Gasteiger partial charge in [0.25, 0.3) is 0 Å². The summed E-state index contributed by atoms with van der Waals surface area (Å²) in [6.45, 7) is -0.261. The van der Waals surface area contributed by atoms with Gasteiger partial charge in [0.1, 0.15) is 5.75 Å². The molecule has 13 heavy (non-hydrogen) atoms. The minimum atomic E-state index is -0.645. The van der Waals surface area contributed by atoms with Gasteiger partial charge in [0.15, 0.2) is 0 Å². The Labute approximate surface area is 75.8 Å². The summed E-state index contributed by atoms with van der Waals surface area (Å²) in [6, 6.07) is 5.63. The number of hydrogen-bond donors (Lipinski definition) is 3. The Hall–Kier alpha value is -1.57. The highest BCUT2D eigenvalue weighted by Gasteiger charge is 2.10. The van der Waals surface area contributed by atoms with Gasteiger partial charge in [-0.1, -0.05) is 0 Å². The average Bonchev–Trinajstić information content (AvgIpc) is 2.17. The topological polar surface area (TPSA) is 90.3 Å². The molecule has 0 aromatic heterocycles. The molecule has 0 saturated carbocycles. The van der Waals surface area contributed by atoms with Crippen LogP contribution in [0.2, 0.25) is 0 Å². The first-order valence-electron chi connectivity index (χ1n) is 3.78. The molecule has 4 N–H and O–H groups in total. The molecule has 0 fully saturated rings. The molecule has 4 nitrogen and oxygen atoms in total. The zero-order valence-electron chi connectivity index (χ0n) is 6.94. The van der Waals surface area contributed by atoms with E-state index in [1.807, 2.05) is 6.07 Å². The van der Waals surface area contributed by atoms with Crippen molar-refractivity contribution < 1.29 is 10.2 Å². The number of benzene rings is 1. The van der Waals surface area contributed by atoms with Gasteiger partial charge in [-0.2, -0.15) is 5.26 Å². The number of aromatic hydroxyl groups is 1. The Balaban J connectivity index is 3.12. The standard InChI is InChI=1S/C9H10N2O2/c10-4-6-1-2-9(13)7(3-6)8(11)5-12/h1-3,8,12-13H,5,11H2/t8-/m0/s1. The molecule has 0 saturated heterocycles. The van der Waals surface area contributed by atoms with Crippen molar-refractivity contribution in [2.45, 2.75) is 6.04 Å². The molecular weight excluding hydrogens is 168 g/mol. The van der Waals surface area contributed by atoms with E-state index in [2.05, 4.69) is 0 Å². The van der Waals surface area contributed by atoms with Crippen molar-refractivity contribution in [3.63, 3.8) is 0 Å². The average molecular weight is 178 g/mol. The summed E-state index contributed by atoms with van der Waals surface area (Å²) in [6.07, 6.45) is 0. The van der Waals surface area contributed by atoms with E-state index in [-0.39, 0.29) is 12.4 Å². The van der Waals surface area contributed by atoms with Gasteiger partial charge in [-0.05, 0) is 18.2 Å². The van der Waals surface area contributed by atoms with Crippen LogP contribution in [-0.4, -0.2) is 16.8 Å². The number of rotatable bonds is 2. The van der Waals surface area contributed by atoms with Crippen LogP contribution in [0.3, 0.4) is 0 Å². The van der Waals surface area contributed by atoms with Crippen LogP contribution >= 0.6 is 0 Å². The second-order valence-corrected chi connectivity index (χ2v) is 2.67. The fourth-order valence-corrected chi connectivity index (χ4v) is 1.02. The van der Waals surface area contributed by atoms with E-state index >= 15 is 0 Å². The van der Waals surface area contributed by atoms with E-state index in [1.165, 1.54) is 18.2 Å². The first-order chi connectivity index (χ1) is 6.19. The predicted octanol–water partition coefficient (Wildman–Crippen LogP) is 0.256. The third-order valence-corrected chi connectivity index (χ3v) is 1.75. The van der Waals surface area contributed by atoms with Crippen LogP contribution in [0.25, 0.3) is 0 Å². The van der Waals surface area contributed by atoms with Crippen molar-refractivity contribution in [3.8, 4) is 11.8 Å². The summed E-state index contributed by atoms with van der Waals surface area (Å²) in [7, 11) is 0. The van der Waals surface area contributed by atoms with Gasteiger partial charge in [0.05, 0.1) is 24.3 Å². The number of aliphatic hydroxyl groups excluding tert-OH is 1. The van der Waals surface area contributed by atoms with Gasteiger partial charge in [-0.3, -0.25) is 0 Å². The van der Waals surface area contributed by atoms with Crippen molar-refractivity contribution in [3.05, 3.63) is 29.3 Å². The predicted molar refractivity (Wildman–Crippen MR) is 46.8 cm³/mol.